The number of aryl methyl sites for hydroxylation is 1. The molecule has 1 saturated heterocycles. The molecule has 0 spiro atoms. The molecule has 0 aromatic heterocycles. The molecule has 1 aromatic carbocycles. The van der Waals surface area contributed by atoms with Gasteiger partial charge in [-0.2, -0.15) is 0 Å². The molecule has 1 aliphatic heterocycles. The summed E-state index contributed by atoms with van der Waals surface area (Å²) >= 11 is 7.29. The van der Waals surface area contributed by atoms with Gasteiger partial charge in [0.15, 0.2) is 0 Å². The van der Waals surface area contributed by atoms with Crippen LogP contribution in [0.15, 0.2) is 21.1 Å². The highest BCUT2D eigenvalue weighted by Gasteiger charge is 2.33. The third-order valence-corrected chi connectivity index (χ3v) is 5.24. The second-order valence-corrected chi connectivity index (χ2v) is 6.70. The van der Waals surface area contributed by atoms with Crippen LogP contribution in [0, 0.1) is 12.8 Å². The molecule has 1 N–H and O–H groups in total. The number of halogens is 2. The number of likely N-dealkylation sites (N-methyl/N-ethyl adjacent to an activating group) is 1. The second kappa shape index (κ2) is 6.04. The molecule has 1 heterocycles. The summed E-state index contributed by atoms with van der Waals surface area (Å²) in [5.74, 6) is 0.592. The third-order valence-electron chi connectivity index (χ3n) is 3.70. The SMILES string of the molecule is CNC(c1cc(Br)c(C)cc1Br)C1OCCC1C. The number of hydrogen-bond acceptors (Lipinski definition) is 2. The molecule has 3 atom stereocenters. The van der Waals surface area contributed by atoms with E-state index in [4.69, 9.17) is 4.74 Å². The zero-order chi connectivity index (χ0) is 13.3. The van der Waals surface area contributed by atoms with E-state index in [1.807, 2.05) is 7.05 Å². The van der Waals surface area contributed by atoms with Gasteiger partial charge in [0, 0.05) is 15.6 Å². The minimum atomic E-state index is 0.230. The Hall–Kier alpha value is 0.1000. The number of hydrogen-bond donors (Lipinski definition) is 1. The Morgan fingerprint density at radius 2 is 2.06 bits per heavy atom. The molecule has 0 bridgehead atoms. The van der Waals surface area contributed by atoms with Gasteiger partial charge in [0.05, 0.1) is 12.1 Å². The summed E-state index contributed by atoms with van der Waals surface area (Å²) in [4.78, 5) is 0. The first kappa shape index (κ1) is 14.5. The van der Waals surface area contributed by atoms with Gasteiger partial charge in [0.2, 0.25) is 0 Å². The predicted molar refractivity (Wildman–Crippen MR) is 81.9 cm³/mol. The fraction of sp³-hybridized carbons (Fsp3) is 0.571. The standard InChI is InChI=1S/C14H19Br2NO/c1-8-4-5-18-14(8)13(17-3)10-7-11(15)9(2)6-12(10)16/h6-8,13-14,17H,4-5H2,1-3H3. The van der Waals surface area contributed by atoms with Gasteiger partial charge >= 0.3 is 0 Å². The Bertz CT molecular complexity index is 436. The highest BCUT2D eigenvalue weighted by Crippen LogP contribution is 2.36. The molecule has 2 nitrogen and oxygen atoms in total. The van der Waals surface area contributed by atoms with Crippen LogP contribution in [0.2, 0.25) is 0 Å². The second-order valence-electron chi connectivity index (χ2n) is 4.99. The Labute approximate surface area is 126 Å². The Kier molecular flexibility index (Phi) is 4.86. The van der Waals surface area contributed by atoms with Gasteiger partial charge in [-0.15, -0.1) is 0 Å². The van der Waals surface area contributed by atoms with Crippen molar-refractivity contribution in [1.29, 1.82) is 0 Å². The maximum absolute atomic E-state index is 5.90. The van der Waals surface area contributed by atoms with Crippen LogP contribution in [-0.2, 0) is 4.74 Å². The molecule has 2 rings (SSSR count). The molecule has 18 heavy (non-hydrogen) atoms. The lowest BCUT2D eigenvalue weighted by molar-refractivity contribution is 0.0629. The highest BCUT2D eigenvalue weighted by molar-refractivity contribution is 9.11. The van der Waals surface area contributed by atoms with Crippen LogP contribution >= 0.6 is 31.9 Å². The van der Waals surface area contributed by atoms with Crippen molar-refractivity contribution in [1.82, 2.24) is 5.32 Å². The van der Waals surface area contributed by atoms with Gasteiger partial charge in [-0.3, -0.25) is 0 Å². The van der Waals surface area contributed by atoms with E-state index in [0.717, 1.165) is 22.0 Å². The summed E-state index contributed by atoms with van der Waals surface area (Å²) in [6.07, 6.45) is 1.40. The molecule has 0 aliphatic carbocycles. The van der Waals surface area contributed by atoms with E-state index in [1.165, 1.54) is 11.1 Å². The molecule has 4 heteroatoms. The molecular formula is C14H19Br2NO. The molecule has 0 amide bonds. The Morgan fingerprint density at radius 1 is 1.33 bits per heavy atom. The van der Waals surface area contributed by atoms with E-state index in [-0.39, 0.29) is 12.1 Å². The molecule has 3 unspecified atom stereocenters. The normalized spacial score (nSPS) is 25.4. The molecule has 100 valence electrons. The maximum atomic E-state index is 5.90. The molecule has 1 aliphatic rings. The van der Waals surface area contributed by atoms with Crippen molar-refractivity contribution in [2.45, 2.75) is 32.4 Å². The number of rotatable bonds is 3. The minimum Gasteiger partial charge on any atom is -0.376 e. The average Bonchev–Trinajstić information content (AvgIpc) is 2.73. The number of nitrogens with one attached hydrogen (secondary N) is 1. The van der Waals surface area contributed by atoms with Crippen molar-refractivity contribution < 1.29 is 4.74 Å². The quantitative estimate of drug-likeness (QED) is 0.853. The van der Waals surface area contributed by atoms with E-state index in [1.54, 1.807) is 0 Å². The molecule has 0 radical (unpaired) electrons. The first-order valence-electron chi connectivity index (χ1n) is 6.29. The van der Waals surface area contributed by atoms with Crippen molar-refractivity contribution in [3.05, 3.63) is 32.2 Å². The van der Waals surface area contributed by atoms with E-state index >= 15 is 0 Å². The average molecular weight is 377 g/mol. The predicted octanol–water partition coefficient (Wildman–Crippen LogP) is 4.21. The summed E-state index contributed by atoms with van der Waals surface area (Å²) in [5, 5.41) is 3.40. The summed E-state index contributed by atoms with van der Waals surface area (Å²) < 4.78 is 8.19. The molecule has 1 aromatic rings. The zero-order valence-electron chi connectivity index (χ0n) is 11.0. The first-order valence-corrected chi connectivity index (χ1v) is 7.87. The van der Waals surface area contributed by atoms with E-state index in [2.05, 4.69) is 63.2 Å². The molecular weight excluding hydrogens is 358 g/mol. The third kappa shape index (κ3) is 2.82. The molecule has 1 fully saturated rings. The van der Waals surface area contributed by atoms with Gasteiger partial charge in [-0.05, 0) is 49.6 Å². The van der Waals surface area contributed by atoms with E-state index < -0.39 is 0 Å². The summed E-state index contributed by atoms with van der Waals surface area (Å²) in [5.41, 5.74) is 2.49. The van der Waals surface area contributed by atoms with Gasteiger partial charge < -0.3 is 10.1 Å². The topological polar surface area (TPSA) is 21.3 Å². The highest BCUT2D eigenvalue weighted by atomic mass is 79.9. The van der Waals surface area contributed by atoms with Gasteiger partial charge in [0.1, 0.15) is 0 Å². The van der Waals surface area contributed by atoms with Gasteiger partial charge in [-0.25, -0.2) is 0 Å². The van der Waals surface area contributed by atoms with Crippen molar-refractivity contribution in [2.75, 3.05) is 13.7 Å². The van der Waals surface area contributed by atoms with E-state index in [9.17, 15) is 0 Å². The van der Waals surface area contributed by atoms with Crippen LogP contribution in [-0.4, -0.2) is 19.8 Å². The lowest BCUT2D eigenvalue weighted by Gasteiger charge is -2.27. The van der Waals surface area contributed by atoms with Crippen LogP contribution in [0.25, 0.3) is 0 Å². The fourth-order valence-corrected chi connectivity index (χ4v) is 3.61. The van der Waals surface area contributed by atoms with Crippen LogP contribution in [0.5, 0.6) is 0 Å². The van der Waals surface area contributed by atoms with Crippen molar-refractivity contribution in [2.24, 2.45) is 5.92 Å². The number of benzene rings is 1. The summed E-state index contributed by atoms with van der Waals surface area (Å²) in [6, 6.07) is 4.58. The summed E-state index contributed by atoms with van der Waals surface area (Å²) in [6.45, 7) is 5.23. The van der Waals surface area contributed by atoms with Crippen molar-refractivity contribution in [3.8, 4) is 0 Å². The zero-order valence-corrected chi connectivity index (χ0v) is 14.1. The molecule has 0 saturated carbocycles. The van der Waals surface area contributed by atoms with Crippen LogP contribution in [0.3, 0.4) is 0 Å². The number of ether oxygens (including phenoxy) is 1. The first-order chi connectivity index (χ1) is 8.54. The monoisotopic (exact) mass is 375 g/mol. The van der Waals surface area contributed by atoms with Crippen molar-refractivity contribution in [3.63, 3.8) is 0 Å². The Balaban J connectivity index is 2.35. The fourth-order valence-electron chi connectivity index (χ4n) is 2.54. The van der Waals surface area contributed by atoms with Crippen LogP contribution < -0.4 is 5.32 Å². The lowest BCUT2D eigenvalue weighted by atomic mass is 9.92. The summed E-state index contributed by atoms with van der Waals surface area (Å²) in [7, 11) is 2.00. The van der Waals surface area contributed by atoms with Crippen molar-refractivity contribution >= 4 is 31.9 Å². The van der Waals surface area contributed by atoms with Crippen LogP contribution in [0.4, 0.5) is 0 Å². The minimum absolute atomic E-state index is 0.230. The van der Waals surface area contributed by atoms with Crippen LogP contribution in [0.1, 0.15) is 30.5 Å². The van der Waals surface area contributed by atoms with Gasteiger partial charge in [-0.1, -0.05) is 38.8 Å². The van der Waals surface area contributed by atoms with E-state index in [0.29, 0.717) is 5.92 Å². The van der Waals surface area contributed by atoms with Gasteiger partial charge in [0.25, 0.3) is 0 Å². The smallest absolute Gasteiger partial charge is 0.0796 e. The largest absolute Gasteiger partial charge is 0.376 e. The lowest BCUT2D eigenvalue weighted by Crippen LogP contribution is -2.32. The Morgan fingerprint density at radius 3 is 2.61 bits per heavy atom. The maximum Gasteiger partial charge on any atom is 0.0796 e.